The monoisotopic (exact) mass is 243 g/mol. The van der Waals surface area contributed by atoms with Gasteiger partial charge in [0.2, 0.25) is 0 Å². The molecule has 94 valence electrons. The van der Waals surface area contributed by atoms with Gasteiger partial charge in [-0.15, -0.1) is 0 Å². The molecule has 2 aromatic rings. The molecule has 0 aliphatic carbocycles. The van der Waals surface area contributed by atoms with E-state index in [1.54, 1.807) is 0 Å². The number of carboxylic acids is 1. The van der Waals surface area contributed by atoms with Crippen molar-refractivity contribution in [2.75, 3.05) is 0 Å². The second-order valence-electron chi connectivity index (χ2n) is 4.89. The van der Waals surface area contributed by atoms with E-state index in [1.165, 1.54) is 5.56 Å². The number of aromatic nitrogens is 1. The molecule has 0 aliphatic rings. The summed E-state index contributed by atoms with van der Waals surface area (Å²) >= 11 is 0. The molecule has 0 unspecified atom stereocenters. The van der Waals surface area contributed by atoms with Gasteiger partial charge < -0.3 is 5.11 Å². The Morgan fingerprint density at radius 3 is 2.72 bits per heavy atom. The number of hydrogen-bond acceptors (Lipinski definition) is 2. The van der Waals surface area contributed by atoms with Gasteiger partial charge in [0.15, 0.2) is 0 Å². The Morgan fingerprint density at radius 2 is 2.11 bits per heavy atom. The van der Waals surface area contributed by atoms with Crippen LogP contribution in [0.5, 0.6) is 0 Å². The largest absolute Gasteiger partial charge is 0.481 e. The number of fused-ring (bicyclic) bond motifs is 1. The summed E-state index contributed by atoms with van der Waals surface area (Å²) in [5.41, 5.74) is 3.81. The molecule has 0 saturated carbocycles. The highest BCUT2D eigenvalue weighted by Crippen LogP contribution is 2.27. The Bertz CT molecular complexity index is 603. The van der Waals surface area contributed by atoms with Crippen LogP contribution in [0.2, 0.25) is 0 Å². The summed E-state index contributed by atoms with van der Waals surface area (Å²) in [5.74, 6) is -0.433. The number of carboxylic acid groups (broad SMARTS) is 1. The fourth-order valence-corrected chi connectivity index (χ4v) is 2.26. The average Bonchev–Trinajstić information content (AvgIpc) is 2.26. The van der Waals surface area contributed by atoms with Crippen molar-refractivity contribution in [3.63, 3.8) is 0 Å². The Morgan fingerprint density at radius 1 is 1.39 bits per heavy atom. The van der Waals surface area contributed by atoms with E-state index in [0.717, 1.165) is 22.2 Å². The smallest absolute Gasteiger partial charge is 0.307 e. The van der Waals surface area contributed by atoms with E-state index in [2.05, 4.69) is 24.9 Å². The Kier molecular flexibility index (Phi) is 3.32. The first-order chi connectivity index (χ1) is 8.49. The van der Waals surface area contributed by atoms with E-state index in [-0.39, 0.29) is 6.42 Å². The molecule has 18 heavy (non-hydrogen) atoms. The Labute approximate surface area is 106 Å². The molecular formula is C15H17NO2. The minimum Gasteiger partial charge on any atom is -0.481 e. The normalized spacial score (nSPS) is 11.1. The lowest BCUT2D eigenvalue weighted by atomic mass is 9.96. The zero-order chi connectivity index (χ0) is 13.3. The SMILES string of the molecule is Cc1cc(CC(=O)O)c2cccc(C(C)C)c2n1. The molecule has 1 heterocycles. The molecule has 3 heteroatoms. The van der Waals surface area contributed by atoms with Crippen molar-refractivity contribution in [2.45, 2.75) is 33.1 Å². The number of pyridine rings is 1. The number of hydrogen-bond donors (Lipinski definition) is 1. The van der Waals surface area contributed by atoms with Crippen LogP contribution in [0.25, 0.3) is 10.9 Å². The summed E-state index contributed by atoms with van der Waals surface area (Å²) in [4.78, 5) is 15.5. The fraction of sp³-hybridized carbons (Fsp3) is 0.333. The molecule has 0 spiro atoms. The summed E-state index contributed by atoms with van der Waals surface area (Å²) in [7, 11) is 0. The van der Waals surface area contributed by atoms with Crippen LogP contribution >= 0.6 is 0 Å². The van der Waals surface area contributed by atoms with Crippen LogP contribution in [-0.2, 0) is 11.2 Å². The predicted molar refractivity (Wildman–Crippen MR) is 71.9 cm³/mol. The topological polar surface area (TPSA) is 50.2 Å². The maximum absolute atomic E-state index is 10.9. The van der Waals surface area contributed by atoms with Gasteiger partial charge in [0.05, 0.1) is 11.9 Å². The van der Waals surface area contributed by atoms with Crippen LogP contribution in [0.4, 0.5) is 0 Å². The highest BCUT2D eigenvalue weighted by atomic mass is 16.4. The van der Waals surface area contributed by atoms with Crippen LogP contribution in [0.15, 0.2) is 24.3 Å². The number of para-hydroxylation sites is 1. The number of aliphatic carboxylic acids is 1. The first kappa shape index (κ1) is 12.6. The van der Waals surface area contributed by atoms with E-state index < -0.39 is 5.97 Å². The van der Waals surface area contributed by atoms with Gasteiger partial charge in [-0.25, -0.2) is 0 Å². The lowest BCUT2D eigenvalue weighted by Gasteiger charge is -2.12. The van der Waals surface area contributed by atoms with Gasteiger partial charge in [-0.05, 0) is 30.0 Å². The van der Waals surface area contributed by atoms with E-state index in [1.807, 2.05) is 25.1 Å². The van der Waals surface area contributed by atoms with Gasteiger partial charge in [-0.2, -0.15) is 0 Å². The molecule has 0 bridgehead atoms. The molecule has 3 nitrogen and oxygen atoms in total. The summed E-state index contributed by atoms with van der Waals surface area (Å²) in [5, 5.41) is 9.93. The number of aryl methyl sites for hydroxylation is 1. The summed E-state index contributed by atoms with van der Waals surface area (Å²) < 4.78 is 0. The average molecular weight is 243 g/mol. The zero-order valence-corrected chi connectivity index (χ0v) is 10.9. The van der Waals surface area contributed by atoms with Gasteiger partial charge in [0.25, 0.3) is 0 Å². The van der Waals surface area contributed by atoms with Crippen molar-refractivity contribution >= 4 is 16.9 Å². The molecule has 0 radical (unpaired) electrons. The van der Waals surface area contributed by atoms with Gasteiger partial charge in [0.1, 0.15) is 0 Å². The fourth-order valence-electron chi connectivity index (χ4n) is 2.26. The second kappa shape index (κ2) is 4.77. The molecule has 0 aliphatic heterocycles. The quantitative estimate of drug-likeness (QED) is 0.899. The minimum absolute atomic E-state index is 0.0431. The molecule has 1 aromatic carbocycles. The van der Waals surface area contributed by atoms with Crippen LogP contribution in [-0.4, -0.2) is 16.1 Å². The standard InChI is InChI=1S/C15H17NO2/c1-9(2)12-5-4-6-13-11(8-14(17)18)7-10(3)16-15(12)13/h4-7,9H,8H2,1-3H3,(H,17,18). The van der Waals surface area contributed by atoms with Gasteiger partial charge in [-0.3, -0.25) is 9.78 Å². The summed E-state index contributed by atoms with van der Waals surface area (Å²) in [6.07, 6.45) is 0.0431. The van der Waals surface area contributed by atoms with Crippen LogP contribution in [0.1, 0.15) is 36.6 Å². The summed E-state index contributed by atoms with van der Waals surface area (Å²) in [6.45, 7) is 6.15. The van der Waals surface area contributed by atoms with Crippen molar-refractivity contribution in [3.8, 4) is 0 Å². The minimum atomic E-state index is -0.808. The van der Waals surface area contributed by atoms with Crippen LogP contribution in [0.3, 0.4) is 0 Å². The summed E-state index contributed by atoms with van der Waals surface area (Å²) in [6, 6.07) is 7.84. The molecule has 0 atom stereocenters. The first-order valence-electron chi connectivity index (χ1n) is 6.10. The highest BCUT2D eigenvalue weighted by molar-refractivity contribution is 5.88. The first-order valence-corrected chi connectivity index (χ1v) is 6.10. The van der Waals surface area contributed by atoms with Crippen molar-refractivity contribution in [1.29, 1.82) is 0 Å². The van der Waals surface area contributed by atoms with Gasteiger partial charge >= 0.3 is 5.97 Å². The van der Waals surface area contributed by atoms with E-state index >= 15 is 0 Å². The highest BCUT2D eigenvalue weighted by Gasteiger charge is 2.12. The molecule has 1 aromatic heterocycles. The number of benzene rings is 1. The number of rotatable bonds is 3. The van der Waals surface area contributed by atoms with Crippen LogP contribution < -0.4 is 0 Å². The third-order valence-electron chi connectivity index (χ3n) is 3.05. The van der Waals surface area contributed by atoms with Crippen molar-refractivity contribution in [1.82, 2.24) is 4.98 Å². The van der Waals surface area contributed by atoms with Gasteiger partial charge in [0, 0.05) is 11.1 Å². The maximum atomic E-state index is 10.9. The molecule has 1 N–H and O–H groups in total. The third-order valence-corrected chi connectivity index (χ3v) is 3.05. The molecule has 0 saturated heterocycles. The lowest BCUT2D eigenvalue weighted by molar-refractivity contribution is -0.136. The van der Waals surface area contributed by atoms with E-state index in [0.29, 0.717) is 5.92 Å². The number of nitrogens with zero attached hydrogens (tertiary/aromatic N) is 1. The van der Waals surface area contributed by atoms with Gasteiger partial charge in [-0.1, -0.05) is 32.0 Å². The second-order valence-corrected chi connectivity index (χ2v) is 4.89. The van der Waals surface area contributed by atoms with E-state index in [4.69, 9.17) is 5.11 Å². The molecule has 2 rings (SSSR count). The lowest BCUT2D eigenvalue weighted by Crippen LogP contribution is -2.03. The predicted octanol–water partition coefficient (Wildman–Crippen LogP) is 3.29. The third kappa shape index (κ3) is 2.35. The van der Waals surface area contributed by atoms with Crippen molar-refractivity contribution in [2.24, 2.45) is 0 Å². The maximum Gasteiger partial charge on any atom is 0.307 e. The van der Waals surface area contributed by atoms with Crippen molar-refractivity contribution < 1.29 is 9.90 Å². The van der Waals surface area contributed by atoms with Crippen LogP contribution in [0, 0.1) is 6.92 Å². The molecular weight excluding hydrogens is 226 g/mol. The van der Waals surface area contributed by atoms with E-state index in [9.17, 15) is 4.79 Å². The van der Waals surface area contributed by atoms with Crippen molar-refractivity contribution in [3.05, 3.63) is 41.1 Å². The molecule has 0 amide bonds. The molecule has 0 fully saturated rings. The Balaban J connectivity index is 2.73. The zero-order valence-electron chi connectivity index (χ0n) is 10.9. The Hall–Kier alpha value is -1.90. The number of carbonyl (C=O) groups is 1.